The van der Waals surface area contributed by atoms with Crippen LogP contribution in [0.3, 0.4) is 0 Å². The molecule has 20 heavy (non-hydrogen) atoms. The number of halogens is 2. The molecule has 0 bridgehead atoms. The molecule has 4 heterocycles. The fraction of sp³-hybridized carbons (Fsp3) is 0. The molecule has 0 N–H and O–H groups in total. The Kier molecular flexibility index (Phi) is 2.68. The van der Waals surface area contributed by atoms with Crippen LogP contribution in [0.2, 0.25) is 0 Å². The van der Waals surface area contributed by atoms with Crippen LogP contribution in [-0.2, 0) is 0 Å². The van der Waals surface area contributed by atoms with Crippen molar-refractivity contribution in [2.45, 2.75) is 0 Å². The zero-order valence-electron chi connectivity index (χ0n) is 9.70. The summed E-state index contributed by atoms with van der Waals surface area (Å²) in [6, 6.07) is 9.06. The largest absolute Gasteiger partial charge is 0.133 e. The van der Waals surface area contributed by atoms with Gasteiger partial charge >= 0.3 is 0 Å². The Morgan fingerprint density at radius 1 is 0.650 bits per heavy atom. The van der Waals surface area contributed by atoms with E-state index in [2.05, 4.69) is 56.1 Å². The van der Waals surface area contributed by atoms with Crippen molar-refractivity contribution in [3.05, 3.63) is 31.8 Å². The van der Waals surface area contributed by atoms with E-state index in [0.717, 1.165) is 0 Å². The third-order valence-electron chi connectivity index (χ3n) is 3.39. The van der Waals surface area contributed by atoms with Crippen LogP contribution in [0.15, 0.2) is 31.8 Å². The van der Waals surface area contributed by atoms with Gasteiger partial charge in [0.25, 0.3) is 0 Å². The summed E-state index contributed by atoms with van der Waals surface area (Å²) >= 11 is 14.7. The normalized spacial score (nSPS) is 12.5. The summed E-state index contributed by atoms with van der Waals surface area (Å²) in [7, 11) is 0. The molecule has 98 valence electrons. The molecule has 0 saturated carbocycles. The van der Waals surface area contributed by atoms with Gasteiger partial charge in [-0.05, 0) is 44.0 Å². The van der Waals surface area contributed by atoms with Crippen molar-refractivity contribution in [3.63, 3.8) is 0 Å². The number of fused-ring (bicyclic) bond motifs is 7. The summed E-state index contributed by atoms with van der Waals surface area (Å²) in [5, 5.41) is 4.19. The Hall–Kier alpha value is 0.0200. The fourth-order valence-electron chi connectivity index (χ4n) is 2.58. The van der Waals surface area contributed by atoms with E-state index in [1.165, 1.54) is 46.5 Å². The Balaban J connectivity index is 2.03. The van der Waals surface area contributed by atoms with Gasteiger partial charge < -0.3 is 0 Å². The second-order valence-electron chi connectivity index (χ2n) is 4.52. The number of hydrogen-bond donors (Lipinski definition) is 0. The van der Waals surface area contributed by atoms with Crippen LogP contribution < -0.4 is 0 Å². The monoisotopic (exact) mass is 458 g/mol. The van der Waals surface area contributed by atoms with Crippen LogP contribution in [0.25, 0.3) is 39.0 Å². The van der Waals surface area contributed by atoms with Gasteiger partial charge in [-0.15, -0.1) is 45.3 Å². The van der Waals surface area contributed by atoms with Gasteiger partial charge in [0.05, 0.1) is 25.7 Å². The molecule has 0 saturated heterocycles. The zero-order chi connectivity index (χ0) is 13.4. The summed E-state index contributed by atoms with van der Waals surface area (Å²) in [5.74, 6) is 0. The lowest BCUT2D eigenvalue weighted by Crippen LogP contribution is -1.65. The first kappa shape index (κ1) is 12.6. The van der Waals surface area contributed by atoms with E-state index in [-0.39, 0.29) is 0 Å². The molecule has 6 heteroatoms. The first-order valence-corrected chi connectivity index (χ1v) is 10.7. The lowest BCUT2D eigenvalue weighted by atomic mass is 10.2. The predicted molar refractivity (Wildman–Crippen MR) is 103 cm³/mol. The Labute approximate surface area is 146 Å². The minimum absolute atomic E-state index is 1.22. The number of rotatable bonds is 0. The fourth-order valence-corrected chi connectivity index (χ4v) is 9.29. The lowest BCUT2D eigenvalue weighted by molar-refractivity contribution is 2.02. The molecule has 0 nitrogen and oxygen atoms in total. The van der Waals surface area contributed by atoms with Gasteiger partial charge in [-0.1, -0.05) is 12.1 Å². The van der Waals surface area contributed by atoms with Gasteiger partial charge in [-0.3, -0.25) is 0 Å². The molecule has 0 unspecified atom stereocenters. The Morgan fingerprint density at radius 2 is 1.40 bits per heavy atom. The van der Waals surface area contributed by atoms with Crippen LogP contribution in [0.4, 0.5) is 0 Å². The second-order valence-corrected chi connectivity index (χ2v) is 11.7. The predicted octanol–water partition coefficient (Wildman–Crippen LogP) is 8.07. The maximum absolute atomic E-state index is 3.59. The SMILES string of the molecule is Brc1cc2c(s1)sc1c2ccc2c3sc(Br)cc3sc21. The quantitative estimate of drug-likeness (QED) is 0.219. The average Bonchev–Trinajstić information content (AvgIpc) is 3.07. The van der Waals surface area contributed by atoms with Crippen molar-refractivity contribution < 1.29 is 0 Å². The second kappa shape index (κ2) is 4.27. The molecule has 0 aliphatic rings. The minimum Gasteiger partial charge on any atom is -0.133 e. The highest BCUT2D eigenvalue weighted by molar-refractivity contribution is 9.11. The molecule has 0 amide bonds. The topological polar surface area (TPSA) is 0 Å². The molecule has 0 aliphatic carbocycles. The zero-order valence-corrected chi connectivity index (χ0v) is 16.1. The van der Waals surface area contributed by atoms with E-state index in [0.29, 0.717) is 0 Å². The average molecular weight is 460 g/mol. The summed E-state index contributed by atoms with van der Waals surface area (Å²) in [4.78, 5) is 0. The van der Waals surface area contributed by atoms with Crippen molar-refractivity contribution in [1.82, 2.24) is 0 Å². The molecular weight excluding hydrogens is 456 g/mol. The first-order chi connectivity index (χ1) is 9.70. The van der Waals surface area contributed by atoms with Crippen LogP contribution in [0.1, 0.15) is 0 Å². The van der Waals surface area contributed by atoms with Gasteiger partial charge in [0, 0.05) is 20.9 Å². The van der Waals surface area contributed by atoms with Gasteiger partial charge in [-0.25, -0.2) is 0 Å². The molecule has 0 atom stereocenters. The van der Waals surface area contributed by atoms with E-state index in [9.17, 15) is 0 Å². The maximum atomic E-state index is 3.59. The van der Waals surface area contributed by atoms with Crippen molar-refractivity contribution >= 4 is 116 Å². The van der Waals surface area contributed by atoms with Gasteiger partial charge in [0.2, 0.25) is 0 Å². The molecule has 0 radical (unpaired) electrons. The van der Waals surface area contributed by atoms with Gasteiger partial charge in [0.1, 0.15) is 0 Å². The molecule has 0 fully saturated rings. The summed E-state index contributed by atoms with van der Waals surface area (Å²) in [5.41, 5.74) is 0. The smallest absolute Gasteiger partial charge is 0.0890 e. The molecule has 5 aromatic rings. The highest BCUT2D eigenvalue weighted by Gasteiger charge is 2.15. The molecular formula is C14H4Br2S4. The van der Waals surface area contributed by atoms with E-state index in [1.807, 2.05) is 45.3 Å². The standard InChI is InChI=1S/C14H4Br2S4/c15-9-3-7-5-1-2-6-11-8(4-10(16)18-11)17-13(6)12(5)20-14(7)19-9/h1-4H. The van der Waals surface area contributed by atoms with Crippen molar-refractivity contribution in [1.29, 1.82) is 0 Å². The molecule has 0 aliphatic heterocycles. The lowest BCUT2D eigenvalue weighted by Gasteiger charge is -1.93. The highest BCUT2D eigenvalue weighted by atomic mass is 79.9. The summed E-state index contributed by atoms with van der Waals surface area (Å²) in [6.07, 6.45) is 0. The van der Waals surface area contributed by atoms with E-state index in [1.54, 1.807) is 0 Å². The van der Waals surface area contributed by atoms with E-state index < -0.39 is 0 Å². The Morgan fingerprint density at radius 3 is 2.30 bits per heavy atom. The Bertz CT molecular complexity index is 1030. The van der Waals surface area contributed by atoms with Crippen molar-refractivity contribution in [2.24, 2.45) is 0 Å². The number of thiophene rings is 4. The highest BCUT2D eigenvalue weighted by Crippen LogP contribution is 2.49. The summed E-state index contributed by atoms with van der Waals surface area (Å²) < 4.78 is 9.55. The molecule has 1 aromatic carbocycles. The first-order valence-electron chi connectivity index (χ1n) is 5.83. The van der Waals surface area contributed by atoms with Crippen LogP contribution >= 0.6 is 77.2 Å². The minimum atomic E-state index is 1.22. The van der Waals surface area contributed by atoms with E-state index >= 15 is 0 Å². The summed E-state index contributed by atoms with van der Waals surface area (Å²) in [6.45, 7) is 0. The number of benzene rings is 1. The van der Waals surface area contributed by atoms with Crippen LogP contribution in [0, 0.1) is 0 Å². The van der Waals surface area contributed by atoms with Crippen LogP contribution in [-0.4, -0.2) is 0 Å². The van der Waals surface area contributed by atoms with Crippen LogP contribution in [0.5, 0.6) is 0 Å². The van der Waals surface area contributed by atoms with Crippen molar-refractivity contribution in [3.8, 4) is 0 Å². The van der Waals surface area contributed by atoms with Crippen molar-refractivity contribution in [2.75, 3.05) is 0 Å². The molecule has 0 spiro atoms. The molecule has 4 aromatic heterocycles. The van der Waals surface area contributed by atoms with E-state index in [4.69, 9.17) is 0 Å². The van der Waals surface area contributed by atoms with Gasteiger partial charge in [0.15, 0.2) is 0 Å². The molecule has 5 rings (SSSR count). The van der Waals surface area contributed by atoms with Gasteiger partial charge in [-0.2, -0.15) is 0 Å². The maximum Gasteiger partial charge on any atom is 0.0890 e. The third kappa shape index (κ3) is 1.61. The third-order valence-corrected chi connectivity index (χ3v) is 9.46. The number of hydrogen-bond acceptors (Lipinski definition) is 4.